The number of aromatic nitrogens is 2. The highest BCUT2D eigenvalue weighted by Gasteiger charge is 2.22. The first kappa shape index (κ1) is 19.9. The van der Waals surface area contributed by atoms with Crippen LogP contribution in [0.25, 0.3) is 16.6 Å². The zero-order valence-electron chi connectivity index (χ0n) is 15.1. The van der Waals surface area contributed by atoms with E-state index in [1.165, 1.54) is 16.3 Å². The third-order valence-electron chi connectivity index (χ3n) is 4.05. The van der Waals surface area contributed by atoms with E-state index in [1.807, 2.05) is 20.8 Å². The molecule has 140 valence electrons. The number of fused-ring (bicyclic) bond motifs is 1. The molecule has 0 unspecified atom stereocenters. The molecule has 0 aliphatic carbocycles. The minimum Gasteiger partial charge on any atom is -0.298 e. The minimum absolute atomic E-state index is 0.0793. The summed E-state index contributed by atoms with van der Waals surface area (Å²) in [7, 11) is 0. The molecular weight excluding hydrogens is 403 g/mol. The molecular formula is C20H18Cl2N2O2S. The first-order valence-electron chi connectivity index (χ1n) is 8.31. The van der Waals surface area contributed by atoms with E-state index >= 15 is 0 Å². The van der Waals surface area contributed by atoms with Crippen molar-refractivity contribution in [2.45, 2.75) is 25.9 Å². The van der Waals surface area contributed by atoms with Crippen LogP contribution in [0.15, 0.2) is 52.4 Å². The van der Waals surface area contributed by atoms with Crippen molar-refractivity contribution in [2.75, 3.05) is 5.75 Å². The zero-order chi connectivity index (χ0) is 19.8. The van der Waals surface area contributed by atoms with Crippen molar-refractivity contribution in [2.24, 2.45) is 5.41 Å². The van der Waals surface area contributed by atoms with E-state index in [1.54, 1.807) is 42.5 Å². The largest absolute Gasteiger partial charge is 0.298 e. The maximum atomic E-state index is 13.1. The Hall–Kier alpha value is -1.82. The quantitative estimate of drug-likeness (QED) is 0.418. The Morgan fingerprint density at radius 1 is 1.07 bits per heavy atom. The third-order valence-corrected chi connectivity index (χ3v) is 5.48. The van der Waals surface area contributed by atoms with Crippen molar-refractivity contribution in [3.63, 3.8) is 0 Å². The number of hydrogen-bond acceptors (Lipinski definition) is 4. The summed E-state index contributed by atoms with van der Waals surface area (Å²) in [6, 6.07) is 11.9. The molecule has 27 heavy (non-hydrogen) atoms. The van der Waals surface area contributed by atoms with Crippen LogP contribution in [-0.2, 0) is 4.79 Å². The van der Waals surface area contributed by atoms with Crippen LogP contribution in [0.2, 0.25) is 10.0 Å². The van der Waals surface area contributed by atoms with E-state index in [0.717, 1.165) is 0 Å². The van der Waals surface area contributed by atoms with Crippen LogP contribution < -0.4 is 5.56 Å². The molecule has 0 N–H and O–H groups in total. The van der Waals surface area contributed by atoms with Crippen molar-refractivity contribution in [1.29, 1.82) is 0 Å². The number of nitrogens with zero attached hydrogens (tertiary/aromatic N) is 2. The SMILES string of the molecule is CC(C)(C)C(=O)CSc1nc2cc(Cl)ccc2c(=O)n1-c1ccc(Cl)cc1. The van der Waals surface area contributed by atoms with E-state index in [-0.39, 0.29) is 17.1 Å². The standard InChI is InChI=1S/C20H18Cl2N2O2S/c1-20(2,3)17(25)11-27-19-23-16-10-13(22)6-9-15(16)18(26)24(19)14-7-4-12(21)5-8-14/h4-10H,11H2,1-3H3. The van der Waals surface area contributed by atoms with Gasteiger partial charge in [-0.2, -0.15) is 0 Å². The Kier molecular flexibility index (Phi) is 5.65. The van der Waals surface area contributed by atoms with Gasteiger partial charge in [0.25, 0.3) is 5.56 Å². The van der Waals surface area contributed by atoms with Crippen molar-refractivity contribution in [3.05, 3.63) is 62.9 Å². The van der Waals surface area contributed by atoms with Crippen LogP contribution in [-0.4, -0.2) is 21.1 Å². The van der Waals surface area contributed by atoms with Gasteiger partial charge in [-0.25, -0.2) is 4.98 Å². The number of rotatable bonds is 4. The first-order valence-corrected chi connectivity index (χ1v) is 10.1. The molecule has 0 amide bonds. The summed E-state index contributed by atoms with van der Waals surface area (Å²) >= 11 is 13.3. The molecule has 0 fully saturated rings. The fraction of sp³-hybridized carbons (Fsp3) is 0.250. The maximum absolute atomic E-state index is 13.1. The van der Waals surface area contributed by atoms with Crippen LogP contribution in [0.4, 0.5) is 0 Å². The highest BCUT2D eigenvalue weighted by Crippen LogP contribution is 2.26. The van der Waals surface area contributed by atoms with Crippen molar-refractivity contribution in [3.8, 4) is 5.69 Å². The number of halogens is 2. The van der Waals surface area contributed by atoms with Crippen molar-refractivity contribution >= 4 is 51.6 Å². The molecule has 0 aliphatic heterocycles. The van der Waals surface area contributed by atoms with Gasteiger partial charge in [-0.3, -0.25) is 14.2 Å². The smallest absolute Gasteiger partial charge is 0.266 e. The Morgan fingerprint density at radius 2 is 1.70 bits per heavy atom. The molecule has 1 aromatic heterocycles. The molecule has 0 spiro atoms. The molecule has 3 aromatic rings. The van der Waals surface area contributed by atoms with Crippen LogP contribution in [0.5, 0.6) is 0 Å². The molecule has 0 saturated carbocycles. The monoisotopic (exact) mass is 420 g/mol. The van der Waals surface area contributed by atoms with Gasteiger partial charge in [-0.05, 0) is 42.5 Å². The zero-order valence-corrected chi connectivity index (χ0v) is 17.5. The van der Waals surface area contributed by atoms with E-state index in [4.69, 9.17) is 23.2 Å². The van der Waals surface area contributed by atoms with Crippen LogP contribution in [0.3, 0.4) is 0 Å². The summed E-state index contributed by atoms with van der Waals surface area (Å²) in [4.78, 5) is 30.1. The van der Waals surface area contributed by atoms with E-state index in [9.17, 15) is 9.59 Å². The van der Waals surface area contributed by atoms with Gasteiger partial charge in [0, 0.05) is 15.5 Å². The van der Waals surface area contributed by atoms with Crippen LogP contribution >= 0.6 is 35.0 Å². The lowest BCUT2D eigenvalue weighted by Crippen LogP contribution is -2.24. The fourth-order valence-electron chi connectivity index (χ4n) is 2.40. The van der Waals surface area contributed by atoms with Crippen molar-refractivity contribution in [1.82, 2.24) is 9.55 Å². The molecule has 0 saturated heterocycles. The molecule has 1 heterocycles. The van der Waals surface area contributed by atoms with Gasteiger partial charge in [0.2, 0.25) is 0 Å². The Balaban J connectivity index is 2.16. The second kappa shape index (κ2) is 7.66. The second-order valence-corrected chi connectivity index (χ2v) is 8.95. The summed E-state index contributed by atoms with van der Waals surface area (Å²) in [6.45, 7) is 5.61. The average molecular weight is 421 g/mol. The molecule has 3 rings (SSSR count). The maximum Gasteiger partial charge on any atom is 0.266 e. The second-order valence-electron chi connectivity index (χ2n) is 7.13. The van der Waals surface area contributed by atoms with Gasteiger partial charge < -0.3 is 0 Å². The lowest BCUT2D eigenvalue weighted by Gasteiger charge is -2.17. The van der Waals surface area contributed by atoms with Gasteiger partial charge in [0.05, 0.1) is 22.3 Å². The lowest BCUT2D eigenvalue weighted by molar-refractivity contribution is -0.123. The molecule has 4 nitrogen and oxygen atoms in total. The number of hydrogen-bond donors (Lipinski definition) is 0. The van der Waals surface area contributed by atoms with Gasteiger partial charge in [-0.1, -0.05) is 55.7 Å². The molecule has 2 aromatic carbocycles. The molecule has 0 atom stereocenters. The molecule has 0 bridgehead atoms. The summed E-state index contributed by atoms with van der Waals surface area (Å²) in [6.07, 6.45) is 0. The van der Waals surface area contributed by atoms with Crippen LogP contribution in [0, 0.1) is 5.41 Å². The molecule has 7 heteroatoms. The highest BCUT2D eigenvalue weighted by molar-refractivity contribution is 7.99. The summed E-state index contributed by atoms with van der Waals surface area (Å²) in [5.74, 6) is 0.297. The molecule has 0 radical (unpaired) electrons. The predicted octanol–water partition coefficient (Wildman–Crippen LogP) is 5.40. The first-order chi connectivity index (χ1) is 12.7. The Morgan fingerprint density at radius 3 is 2.33 bits per heavy atom. The van der Waals surface area contributed by atoms with Crippen molar-refractivity contribution < 1.29 is 4.79 Å². The summed E-state index contributed by atoms with van der Waals surface area (Å²) < 4.78 is 1.51. The third kappa shape index (κ3) is 4.37. The van der Waals surface area contributed by atoms with E-state index < -0.39 is 5.41 Å². The fourth-order valence-corrected chi connectivity index (χ4v) is 3.87. The molecule has 0 aliphatic rings. The Labute approximate surface area is 171 Å². The van der Waals surface area contributed by atoms with Gasteiger partial charge in [0.15, 0.2) is 5.16 Å². The van der Waals surface area contributed by atoms with Crippen LogP contribution in [0.1, 0.15) is 20.8 Å². The number of benzene rings is 2. The normalized spacial score (nSPS) is 11.7. The highest BCUT2D eigenvalue weighted by atomic mass is 35.5. The van der Waals surface area contributed by atoms with Gasteiger partial charge in [0.1, 0.15) is 5.78 Å². The Bertz CT molecular complexity index is 1070. The minimum atomic E-state index is -0.460. The predicted molar refractivity (Wildman–Crippen MR) is 113 cm³/mol. The summed E-state index contributed by atoms with van der Waals surface area (Å²) in [5.41, 5.74) is 0.464. The number of carbonyl (C=O) groups excluding carboxylic acids is 1. The number of Topliss-reactive ketones (excluding diaryl/α,β-unsaturated/α-hetero) is 1. The number of thioether (sulfide) groups is 1. The van der Waals surface area contributed by atoms with E-state index in [0.29, 0.717) is 31.8 Å². The summed E-state index contributed by atoms with van der Waals surface area (Å²) in [5, 5.41) is 1.97. The lowest BCUT2D eigenvalue weighted by atomic mass is 9.92. The number of ketones is 1. The van der Waals surface area contributed by atoms with E-state index in [2.05, 4.69) is 4.98 Å². The number of carbonyl (C=O) groups is 1. The van der Waals surface area contributed by atoms with Gasteiger partial charge >= 0.3 is 0 Å². The topological polar surface area (TPSA) is 52.0 Å². The van der Waals surface area contributed by atoms with Gasteiger partial charge in [-0.15, -0.1) is 0 Å². The average Bonchev–Trinajstić information content (AvgIpc) is 2.59.